The molecule has 2 aliphatic heterocycles. The third-order valence-corrected chi connectivity index (χ3v) is 16.0. The van der Waals surface area contributed by atoms with Gasteiger partial charge in [0.15, 0.2) is 5.65 Å². The van der Waals surface area contributed by atoms with E-state index < -0.39 is 8.07 Å². The zero-order valence-corrected chi connectivity index (χ0v) is 29.4. The molecule has 2 aliphatic rings. The van der Waals surface area contributed by atoms with Gasteiger partial charge in [0.25, 0.3) is 0 Å². The molecule has 0 bridgehead atoms. The summed E-state index contributed by atoms with van der Waals surface area (Å²) in [5.74, 6) is 4.74. The number of carbonyl (C=O) groups excluding carboxylic acids is 1. The highest BCUT2D eigenvalue weighted by Gasteiger charge is 2.42. The number of fused-ring (bicyclic) bond motifs is 1. The number of benzene rings is 1. The van der Waals surface area contributed by atoms with Crippen LogP contribution in [0.3, 0.4) is 0 Å². The molecule has 2 fully saturated rings. The molecule has 1 aromatic carbocycles. The largest absolute Gasteiger partial charge is 0.447 e. The monoisotopic (exact) mass is 627 g/mol. The fourth-order valence-electron chi connectivity index (χ4n) is 7.03. The summed E-state index contributed by atoms with van der Waals surface area (Å²) in [6.07, 6.45) is 1.41. The third kappa shape index (κ3) is 6.65. The van der Waals surface area contributed by atoms with E-state index in [-0.39, 0.29) is 18.1 Å². The smallest absolute Gasteiger partial charge is 0.415 e. The first-order chi connectivity index (χ1) is 21.4. The number of hydrogen-bond donors (Lipinski definition) is 1. The summed E-state index contributed by atoms with van der Waals surface area (Å²) in [5.41, 5.74) is 8.71. The van der Waals surface area contributed by atoms with Crippen molar-refractivity contribution in [2.75, 3.05) is 55.0 Å². The number of piperazine rings is 1. The number of anilines is 4. The Bertz CT molecular complexity index is 1550. The lowest BCUT2D eigenvalue weighted by Gasteiger charge is -2.38. The van der Waals surface area contributed by atoms with E-state index in [1.807, 2.05) is 6.07 Å². The number of amides is 1. The van der Waals surface area contributed by atoms with Crippen molar-refractivity contribution in [2.45, 2.75) is 78.1 Å². The molecule has 0 aliphatic carbocycles. The average molecular weight is 628 g/mol. The summed E-state index contributed by atoms with van der Waals surface area (Å²) < 4.78 is 5.48. The Morgan fingerprint density at radius 1 is 0.933 bits per heavy atom. The molecule has 10 heteroatoms. The predicted octanol–water partition coefficient (Wildman–Crippen LogP) is 7.07. The van der Waals surface area contributed by atoms with Gasteiger partial charge >= 0.3 is 6.09 Å². The Labute approximate surface area is 269 Å². The summed E-state index contributed by atoms with van der Waals surface area (Å²) in [6.45, 7) is 22.5. The van der Waals surface area contributed by atoms with Crippen LogP contribution in [0.4, 0.5) is 27.9 Å². The molecule has 0 unspecified atom stereocenters. The maximum absolute atomic E-state index is 13.0. The molecule has 5 rings (SSSR count). The number of cyclic esters (lactones) is 1. The van der Waals surface area contributed by atoms with E-state index in [0.717, 1.165) is 42.8 Å². The highest BCUT2D eigenvalue weighted by Crippen LogP contribution is 2.41. The van der Waals surface area contributed by atoms with Gasteiger partial charge in [0.1, 0.15) is 20.5 Å². The second kappa shape index (κ2) is 13.4. The molecule has 1 atom stereocenters. The lowest BCUT2D eigenvalue weighted by Crippen LogP contribution is -2.44. The fraction of sp³-hybridized carbons (Fsp3) is 0.543. The van der Waals surface area contributed by atoms with Gasteiger partial charge in [-0.25, -0.2) is 14.8 Å². The number of likely N-dealkylation sites (N-methyl/N-ethyl adjacent to an activating group) is 1. The van der Waals surface area contributed by atoms with E-state index in [9.17, 15) is 4.79 Å². The van der Waals surface area contributed by atoms with Crippen LogP contribution in [0.1, 0.15) is 61.0 Å². The number of ether oxygens (including phenoxy) is 1. The second-order valence-electron chi connectivity index (χ2n) is 13.8. The minimum atomic E-state index is -2.02. The van der Waals surface area contributed by atoms with Gasteiger partial charge in [-0.3, -0.25) is 4.90 Å². The molecule has 240 valence electrons. The van der Waals surface area contributed by atoms with Crippen LogP contribution in [0, 0.1) is 17.4 Å². The topological polar surface area (TPSA) is 86.7 Å². The van der Waals surface area contributed by atoms with E-state index >= 15 is 0 Å². The molecule has 2 aromatic heterocycles. The summed E-state index contributed by atoms with van der Waals surface area (Å²) >= 11 is 0. The van der Waals surface area contributed by atoms with E-state index in [0.29, 0.717) is 40.6 Å². The first-order valence-corrected chi connectivity index (χ1v) is 18.6. The molecule has 0 saturated carbocycles. The van der Waals surface area contributed by atoms with Crippen molar-refractivity contribution >= 4 is 48.3 Å². The van der Waals surface area contributed by atoms with Gasteiger partial charge in [-0.15, -0.1) is 5.54 Å². The van der Waals surface area contributed by atoms with Crippen molar-refractivity contribution < 1.29 is 9.53 Å². The van der Waals surface area contributed by atoms with Gasteiger partial charge in [0.05, 0.1) is 11.4 Å². The van der Waals surface area contributed by atoms with Crippen molar-refractivity contribution in [3.8, 4) is 11.5 Å². The zero-order chi connectivity index (χ0) is 32.5. The summed E-state index contributed by atoms with van der Waals surface area (Å²) in [7, 11) is 0.145. The lowest BCUT2D eigenvalue weighted by atomic mass is 10.0. The predicted molar refractivity (Wildman–Crippen MR) is 187 cm³/mol. The standard InChI is InChI=1S/C35H49N7O2Si/c1-23(2)31-22-44-35(43)42(31)32-20-27(14-19-45(24(3)4,25(5)6)26(7)8)30-21-36-34(39-33(30)38-32)37-28-10-12-29(13-11-28)41-17-15-40(9)16-18-41/h10-13,20-21,23-26,31H,15-18,22H2,1-9H3,(H,36,37,38,39)/t31-/m0/s1. The van der Waals surface area contributed by atoms with E-state index in [4.69, 9.17) is 14.7 Å². The van der Waals surface area contributed by atoms with Gasteiger partial charge in [-0.1, -0.05) is 61.3 Å². The molecule has 2 saturated heterocycles. The van der Waals surface area contributed by atoms with Gasteiger partial charge in [0.2, 0.25) is 5.95 Å². The first kappa shape index (κ1) is 32.7. The minimum Gasteiger partial charge on any atom is -0.447 e. The first-order valence-electron chi connectivity index (χ1n) is 16.4. The number of nitrogens with zero attached hydrogens (tertiary/aromatic N) is 6. The normalized spacial score (nSPS) is 17.9. The van der Waals surface area contributed by atoms with Crippen molar-refractivity contribution in [1.82, 2.24) is 19.9 Å². The highest BCUT2D eigenvalue weighted by molar-refractivity contribution is 6.90. The fourth-order valence-corrected chi connectivity index (χ4v) is 12.2. The average Bonchev–Trinajstić information content (AvgIpc) is 3.39. The van der Waals surface area contributed by atoms with Crippen molar-refractivity contribution in [3.63, 3.8) is 0 Å². The molecular weight excluding hydrogens is 579 g/mol. The molecule has 0 spiro atoms. The van der Waals surface area contributed by atoms with Crippen LogP contribution in [-0.4, -0.2) is 79.9 Å². The molecule has 1 N–H and O–H groups in total. The third-order valence-electron chi connectivity index (χ3n) is 9.75. The van der Waals surface area contributed by atoms with Crippen LogP contribution in [-0.2, 0) is 4.74 Å². The Hall–Kier alpha value is -3.68. The Kier molecular flexibility index (Phi) is 9.70. The molecule has 45 heavy (non-hydrogen) atoms. The molecule has 1 amide bonds. The van der Waals surface area contributed by atoms with E-state index in [1.165, 1.54) is 5.69 Å². The van der Waals surface area contributed by atoms with Crippen LogP contribution in [0.25, 0.3) is 11.0 Å². The number of carbonyl (C=O) groups is 1. The van der Waals surface area contributed by atoms with Crippen molar-refractivity contribution in [3.05, 3.63) is 42.1 Å². The molecular formula is C35H49N7O2Si. The highest BCUT2D eigenvalue weighted by atomic mass is 28.3. The van der Waals surface area contributed by atoms with Crippen LogP contribution >= 0.6 is 0 Å². The van der Waals surface area contributed by atoms with Crippen molar-refractivity contribution in [2.24, 2.45) is 5.92 Å². The zero-order valence-electron chi connectivity index (χ0n) is 28.4. The summed E-state index contributed by atoms with van der Waals surface area (Å²) in [5, 5.41) is 4.13. The van der Waals surface area contributed by atoms with Crippen LogP contribution < -0.4 is 15.1 Å². The number of aromatic nitrogens is 3. The Morgan fingerprint density at radius 3 is 2.18 bits per heavy atom. The molecule has 4 heterocycles. The van der Waals surface area contributed by atoms with Crippen LogP contribution in [0.2, 0.25) is 16.6 Å². The molecule has 0 radical (unpaired) electrons. The second-order valence-corrected chi connectivity index (χ2v) is 19.4. The quantitative estimate of drug-likeness (QED) is 0.210. The number of hydrogen-bond acceptors (Lipinski definition) is 8. The van der Waals surface area contributed by atoms with Crippen molar-refractivity contribution in [1.29, 1.82) is 0 Å². The molecule has 3 aromatic rings. The maximum atomic E-state index is 13.0. The Balaban J connectivity index is 1.54. The van der Waals surface area contributed by atoms with Gasteiger partial charge in [0, 0.05) is 49.3 Å². The number of pyridine rings is 1. The van der Waals surface area contributed by atoms with Gasteiger partial charge < -0.3 is 19.9 Å². The van der Waals surface area contributed by atoms with Gasteiger partial charge in [-0.2, -0.15) is 4.98 Å². The van der Waals surface area contributed by atoms with Crippen LogP contribution in [0.15, 0.2) is 36.5 Å². The maximum Gasteiger partial charge on any atom is 0.415 e. The Morgan fingerprint density at radius 2 is 1.58 bits per heavy atom. The summed E-state index contributed by atoms with van der Waals surface area (Å²) in [6, 6.07) is 10.2. The van der Waals surface area contributed by atoms with Crippen LogP contribution in [0.5, 0.6) is 0 Å². The van der Waals surface area contributed by atoms with Gasteiger partial charge in [-0.05, 0) is 59.9 Å². The number of rotatable bonds is 8. The molecule has 9 nitrogen and oxygen atoms in total. The van der Waals surface area contributed by atoms with E-state index in [2.05, 4.69) is 118 Å². The number of nitrogens with one attached hydrogen (secondary N) is 1. The van der Waals surface area contributed by atoms with E-state index in [1.54, 1.807) is 11.1 Å². The summed E-state index contributed by atoms with van der Waals surface area (Å²) in [4.78, 5) is 33.8. The SMILES string of the molecule is CC(C)[C@@H]1COC(=O)N1c1cc(C#C[Si](C(C)C)(C(C)C)C(C)C)c2cnc(Nc3ccc(N4CCN(C)CC4)cc3)nc2n1. The minimum absolute atomic E-state index is 0.114. The lowest BCUT2D eigenvalue weighted by molar-refractivity contribution is 0.177.